The molecule has 0 aliphatic carbocycles. The first kappa shape index (κ1) is 15.3. The van der Waals surface area contributed by atoms with E-state index in [9.17, 15) is 9.59 Å². The SMILES string of the molecule is COc1ccc2c(c1)OC(N)=C1C(=O)N(Cc3ccco3)C(=O)CC12. The predicted octanol–water partition coefficient (Wildman–Crippen LogP) is 1.89. The maximum Gasteiger partial charge on any atom is 0.262 e. The topological polar surface area (TPSA) is 95.0 Å². The van der Waals surface area contributed by atoms with Gasteiger partial charge in [0.25, 0.3) is 5.91 Å². The van der Waals surface area contributed by atoms with Crippen molar-refractivity contribution in [3.63, 3.8) is 0 Å². The van der Waals surface area contributed by atoms with Crippen molar-refractivity contribution in [2.24, 2.45) is 5.73 Å². The Labute approximate surface area is 143 Å². The minimum atomic E-state index is -0.448. The first-order valence-corrected chi connectivity index (χ1v) is 7.81. The number of rotatable bonds is 3. The molecule has 0 saturated carbocycles. The van der Waals surface area contributed by atoms with E-state index in [-0.39, 0.29) is 24.8 Å². The molecule has 25 heavy (non-hydrogen) atoms. The molecule has 2 amide bonds. The van der Waals surface area contributed by atoms with Crippen molar-refractivity contribution in [1.82, 2.24) is 4.90 Å². The molecule has 0 spiro atoms. The summed E-state index contributed by atoms with van der Waals surface area (Å²) in [6, 6.07) is 8.68. The number of nitrogens with two attached hydrogens (primary N) is 1. The van der Waals surface area contributed by atoms with Crippen LogP contribution >= 0.6 is 0 Å². The Balaban J connectivity index is 1.71. The molecule has 2 aliphatic heterocycles. The first-order valence-electron chi connectivity index (χ1n) is 7.81. The van der Waals surface area contributed by atoms with Crippen molar-refractivity contribution in [3.8, 4) is 11.5 Å². The summed E-state index contributed by atoms with van der Waals surface area (Å²) >= 11 is 0. The molecule has 1 aromatic carbocycles. The molecule has 7 nitrogen and oxygen atoms in total. The number of carbonyl (C=O) groups is 2. The normalized spacial score (nSPS) is 19.4. The van der Waals surface area contributed by atoms with Crippen molar-refractivity contribution in [2.45, 2.75) is 18.9 Å². The molecule has 2 aromatic rings. The number of piperidine rings is 1. The smallest absolute Gasteiger partial charge is 0.262 e. The summed E-state index contributed by atoms with van der Waals surface area (Å²) in [5.41, 5.74) is 7.06. The molecule has 128 valence electrons. The van der Waals surface area contributed by atoms with Gasteiger partial charge >= 0.3 is 0 Å². The zero-order valence-electron chi connectivity index (χ0n) is 13.5. The van der Waals surface area contributed by atoms with Crippen LogP contribution in [0.4, 0.5) is 0 Å². The molecule has 0 bridgehead atoms. The molecule has 3 heterocycles. The molecule has 7 heteroatoms. The van der Waals surface area contributed by atoms with Gasteiger partial charge in [-0.25, -0.2) is 0 Å². The maximum absolute atomic E-state index is 12.9. The Morgan fingerprint density at radius 2 is 2.16 bits per heavy atom. The zero-order chi connectivity index (χ0) is 17.6. The molecule has 1 aromatic heterocycles. The molecule has 4 rings (SSSR count). The Morgan fingerprint density at radius 3 is 2.88 bits per heavy atom. The van der Waals surface area contributed by atoms with Crippen LogP contribution < -0.4 is 15.2 Å². The molecular formula is C18H16N2O5. The van der Waals surface area contributed by atoms with Gasteiger partial charge in [0.2, 0.25) is 5.91 Å². The lowest BCUT2D eigenvalue weighted by Gasteiger charge is -2.35. The Bertz CT molecular complexity index is 885. The largest absolute Gasteiger partial charge is 0.497 e. The molecule has 1 saturated heterocycles. The lowest BCUT2D eigenvalue weighted by Crippen LogP contribution is -2.46. The van der Waals surface area contributed by atoms with Crippen LogP contribution in [0.15, 0.2) is 52.5 Å². The summed E-state index contributed by atoms with van der Waals surface area (Å²) in [6.07, 6.45) is 1.64. The van der Waals surface area contributed by atoms with Crippen LogP contribution in [-0.4, -0.2) is 23.8 Å². The monoisotopic (exact) mass is 340 g/mol. The molecule has 1 fully saturated rings. The van der Waals surface area contributed by atoms with E-state index in [4.69, 9.17) is 19.6 Å². The maximum atomic E-state index is 12.9. The van der Waals surface area contributed by atoms with Crippen LogP contribution in [0.2, 0.25) is 0 Å². The minimum absolute atomic E-state index is 0.0210. The van der Waals surface area contributed by atoms with Gasteiger partial charge in [-0.05, 0) is 18.2 Å². The van der Waals surface area contributed by atoms with Crippen molar-refractivity contribution in [3.05, 3.63) is 59.4 Å². The average molecular weight is 340 g/mol. The van der Waals surface area contributed by atoms with Crippen LogP contribution in [0, 0.1) is 0 Å². The summed E-state index contributed by atoms with van der Waals surface area (Å²) < 4.78 is 16.0. The number of fused-ring (bicyclic) bond motifs is 3. The highest BCUT2D eigenvalue weighted by Crippen LogP contribution is 2.44. The predicted molar refractivity (Wildman–Crippen MR) is 86.5 cm³/mol. The van der Waals surface area contributed by atoms with Crippen LogP contribution in [-0.2, 0) is 16.1 Å². The molecule has 0 radical (unpaired) electrons. The standard InChI is InChI=1S/C18H16N2O5/c1-23-10-4-5-12-13-8-15(21)20(9-11-3-2-6-24-11)18(22)16(13)17(19)25-14(12)7-10/h2-7,13H,8-9,19H2,1H3. The molecule has 1 atom stereocenters. The second-order valence-corrected chi connectivity index (χ2v) is 5.90. The molecule has 2 N–H and O–H groups in total. The van der Waals surface area contributed by atoms with Crippen LogP contribution in [0.5, 0.6) is 11.5 Å². The van der Waals surface area contributed by atoms with E-state index in [1.165, 1.54) is 6.26 Å². The Hall–Kier alpha value is -3.22. The van der Waals surface area contributed by atoms with Gasteiger partial charge in [0.15, 0.2) is 5.88 Å². The summed E-state index contributed by atoms with van der Waals surface area (Å²) in [5, 5.41) is 0. The minimum Gasteiger partial charge on any atom is -0.497 e. The van der Waals surface area contributed by atoms with Crippen LogP contribution in [0.25, 0.3) is 0 Å². The third-order valence-corrected chi connectivity index (χ3v) is 4.48. The van der Waals surface area contributed by atoms with Crippen molar-refractivity contribution in [1.29, 1.82) is 0 Å². The number of benzene rings is 1. The highest BCUT2D eigenvalue weighted by molar-refractivity contribution is 6.09. The fourth-order valence-electron chi connectivity index (χ4n) is 3.25. The molecular weight excluding hydrogens is 324 g/mol. The fourth-order valence-corrected chi connectivity index (χ4v) is 3.25. The van der Waals surface area contributed by atoms with E-state index >= 15 is 0 Å². The first-order chi connectivity index (χ1) is 12.1. The van der Waals surface area contributed by atoms with Gasteiger partial charge in [0.05, 0.1) is 25.5 Å². The Morgan fingerprint density at radius 1 is 1.32 bits per heavy atom. The lowest BCUT2D eigenvalue weighted by atomic mass is 9.82. The number of amides is 2. The number of nitrogens with zero attached hydrogens (tertiary/aromatic N) is 1. The lowest BCUT2D eigenvalue weighted by molar-refractivity contribution is -0.146. The highest BCUT2D eigenvalue weighted by Gasteiger charge is 2.43. The van der Waals surface area contributed by atoms with Crippen molar-refractivity contribution >= 4 is 11.8 Å². The molecule has 2 aliphatic rings. The van der Waals surface area contributed by atoms with Crippen molar-refractivity contribution < 1.29 is 23.5 Å². The number of imide groups is 1. The van der Waals surface area contributed by atoms with Gasteiger partial charge in [-0.2, -0.15) is 0 Å². The second-order valence-electron chi connectivity index (χ2n) is 5.90. The Kier molecular flexibility index (Phi) is 3.49. The summed E-state index contributed by atoms with van der Waals surface area (Å²) in [4.78, 5) is 26.6. The average Bonchev–Trinajstić information content (AvgIpc) is 3.10. The van der Waals surface area contributed by atoms with E-state index in [2.05, 4.69) is 0 Å². The number of hydrogen-bond donors (Lipinski definition) is 1. The summed E-state index contributed by atoms with van der Waals surface area (Å²) in [7, 11) is 1.55. The highest BCUT2D eigenvalue weighted by atomic mass is 16.5. The van der Waals surface area contributed by atoms with Crippen molar-refractivity contribution in [2.75, 3.05) is 7.11 Å². The summed E-state index contributed by atoms with van der Waals surface area (Å²) in [6.45, 7) is 0.0731. The van der Waals surface area contributed by atoms with Gasteiger partial charge in [-0.1, -0.05) is 6.07 Å². The molecule has 1 unspecified atom stereocenters. The van der Waals surface area contributed by atoms with Gasteiger partial charge in [-0.15, -0.1) is 0 Å². The second kappa shape index (κ2) is 5.70. The van der Waals surface area contributed by atoms with E-state index < -0.39 is 11.8 Å². The van der Waals surface area contributed by atoms with E-state index in [0.717, 1.165) is 10.5 Å². The zero-order valence-corrected chi connectivity index (χ0v) is 13.5. The van der Waals surface area contributed by atoms with Gasteiger partial charge < -0.3 is 19.6 Å². The van der Waals surface area contributed by atoms with Gasteiger partial charge in [-0.3, -0.25) is 14.5 Å². The van der Waals surface area contributed by atoms with E-state index in [0.29, 0.717) is 22.8 Å². The quantitative estimate of drug-likeness (QED) is 0.858. The number of ether oxygens (including phenoxy) is 2. The van der Waals surface area contributed by atoms with E-state index in [1.54, 1.807) is 37.4 Å². The van der Waals surface area contributed by atoms with Gasteiger partial charge in [0.1, 0.15) is 17.3 Å². The number of methoxy groups -OCH3 is 1. The third-order valence-electron chi connectivity index (χ3n) is 4.48. The van der Waals surface area contributed by atoms with E-state index in [1.807, 2.05) is 0 Å². The summed E-state index contributed by atoms with van der Waals surface area (Å²) in [5.74, 6) is 0.535. The van der Waals surface area contributed by atoms with Crippen LogP contribution in [0.1, 0.15) is 23.7 Å². The number of furan rings is 1. The van der Waals surface area contributed by atoms with Crippen LogP contribution in [0.3, 0.4) is 0 Å². The third kappa shape index (κ3) is 2.44. The van der Waals surface area contributed by atoms with Gasteiger partial charge in [0, 0.05) is 24.0 Å². The number of likely N-dealkylation sites (tertiary alicyclic amines) is 1. The number of hydrogen-bond acceptors (Lipinski definition) is 6. The number of carbonyl (C=O) groups excluding carboxylic acids is 2. The fraction of sp³-hybridized carbons (Fsp3) is 0.222.